The van der Waals surface area contributed by atoms with Crippen LogP contribution in [0.25, 0.3) is 0 Å². The second kappa shape index (κ2) is 3.89. The van der Waals surface area contributed by atoms with E-state index in [0.717, 1.165) is 7.11 Å². The summed E-state index contributed by atoms with van der Waals surface area (Å²) < 4.78 is 42.2. The molecule has 4 nitrogen and oxygen atoms in total. The van der Waals surface area contributed by atoms with Crippen LogP contribution in [0.5, 0.6) is 0 Å². The van der Waals surface area contributed by atoms with Crippen LogP contribution < -0.4 is 11.5 Å². The van der Waals surface area contributed by atoms with Crippen molar-refractivity contribution in [2.45, 2.75) is 42.9 Å². The van der Waals surface area contributed by atoms with Crippen molar-refractivity contribution in [3.05, 3.63) is 0 Å². The van der Waals surface area contributed by atoms with E-state index in [1.165, 1.54) is 0 Å². The second-order valence-corrected chi connectivity index (χ2v) is 4.30. The molecule has 0 aromatic rings. The number of hydrogen-bond acceptors (Lipinski definition) is 4. The Labute approximate surface area is 91.1 Å². The van der Waals surface area contributed by atoms with E-state index in [9.17, 15) is 18.0 Å². The molecule has 1 saturated carbocycles. The summed E-state index contributed by atoms with van der Waals surface area (Å²) >= 11 is 0. The highest BCUT2D eigenvalue weighted by Crippen LogP contribution is 2.42. The van der Waals surface area contributed by atoms with E-state index in [4.69, 9.17) is 11.5 Å². The molecule has 0 aromatic heterocycles. The van der Waals surface area contributed by atoms with Gasteiger partial charge in [0.15, 0.2) is 0 Å². The van der Waals surface area contributed by atoms with Crippen LogP contribution >= 0.6 is 0 Å². The van der Waals surface area contributed by atoms with Crippen molar-refractivity contribution in [1.82, 2.24) is 0 Å². The first-order valence-corrected chi connectivity index (χ1v) is 4.88. The first kappa shape index (κ1) is 13.2. The Hall–Kier alpha value is -0.820. The molecule has 0 unspecified atom stereocenters. The van der Waals surface area contributed by atoms with Crippen LogP contribution in [0.15, 0.2) is 0 Å². The minimum Gasteiger partial charge on any atom is -0.468 e. The maximum atomic E-state index is 12.6. The highest BCUT2D eigenvalue weighted by molar-refractivity contribution is 5.80. The molecular formula is C9H15F3N2O2. The van der Waals surface area contributed by atoms with Gasteiger partial charge < -0.3 is 16.2 Å². The van der Waals surface area contributed by atoms with Crippen molar-refractivity contribution in [3.63, 3.8) is 0 Å². The second-order valence-electron chi connectivity index (χ2n) is 4.30. The Balaban J connectivity index is 2.74. The molecule has 0 aliphatic heterocycles. The third-order valence-electron chi connectivity index (χ3n) is 3.19. The van der Waals surface area contributed by atoms with E-state index in [1.54, 1.807) is 0 Å². The zero-order chi connectivity index (χ0) is 12.6. The molecular weight excluding hydrogens is 225 g/mol. The van der Waals surface area contributed by atoms with Crippen LogP contribution in [0.4, 0.5) is 13.2 Å². The first-order chi connectivity index (χ1) is 7.15. The topological polar surface area (TPSA) is 78.3 Å². The van der Waals surface area contributed by atoms with Crippen molar-refractivity contribution in [3.8, 4) is 0 Å². The van der Waals surface area contributed by atoms with Gasteiger partial charge in [0.1, 0.15) is 11.1 Å². The van der Waals surface area contributed by atoms with Crippen molar-refractivity contribution in [2.75, 3.05) is 7.11 Å². The van der Waals surface area contributed by atoms with Crippen LogP contribution in [-0.2, 0) is 9.53 Å². The largest absolute Gasteiger partial charge is 0.468 e. The minimum absolute atomic E-state index is 0.115. The standard InChI is InChI=1S/C9H15F3N2O2/c1-16-6(15)7(13)2-4-8(14,5-3-7)9(10,11)12/h2-5,13-14H2,1H3. The summed E-state index contributed by atoms with van der Waals surface area (Å²) in [4.78, 5) is 11.3. The third-order valence-corrected chi connectivity index (χ3v) is 3.19. The van der Waals surface area contributed by atoms with Gasteiger partial charge in [-0.15, -0.1) is 0 Å². The van der Waals surface area contributed by atoms with E-state index in [-0.39, 0.29) is 25.7 Å². The lowest BCUT2D eigenvalue weighted by atomic mass is 9.73. The van der Waals surface area contributed by atoms with Crippen LogP contribution in [0.3, 0.4) is 0 Å². The molecule has 1 aliphatic carbocycles. The summed E-state index contributed by atoms with van der Waals surface area (Å²) in [6.45, 7) is 0. The molecule has 0 heterocycles. The highest BCUT2D eigenvalue weighted by Gasteiger charge is 2.56. The van der Waals surface area contributed by atoms with E-state index in [2.05, 4.69) is 4.74 Å². The van der Waals surface area contributed by atoms with Gasteiger partial charge in [0.05, 0.1) is 7.11 Å². The number of nitrogens with two attached hydrogens (primary N) is 2. The quantitative estimate of drug-likeness (QED) is 0.661. The fraction of sp³-hybridized carbons (Fsp3) is 0.889. The Kier molecular flexibility index (Phi) is 3.22. The number of rotatable bonds is 1. The fourth-order valence-corrected chi connectivity index (χ4v) is 1.83. The van der Waals surface area contributed by atoms with Crippen molar-refractivity contribution in [1.29, 1.82) is 0 Å². The number of halogens is 3. The van der Waals surface area contributed by atoms with Gasteiger partial charge >= 0.3 is 12.1 Å². The van der Waals surface area contributed by atoms with Gasteiger partial charge in [0.2, 0.25) is 0 Å². The van der Waals surface area contributed by atoms with Gasteiger partial charge in [-0.1, -0.05) is 0 Å². The molecule has 94 valence electrons. The number of carbonyl (C=O) groups is 1. The first-order valence-electron chi connectivity index (χ1n) is 4.88. The minimum atomic E-state index is -4.47. The van der Waals surface area contributed by atoms with Gasteiger partial charge in [0, 0.05) is 0 Å². The molecule has 0 bridgehead atoms. The Morgan fingerprint density at radius 1 is 1.19 bits per heavy atom. The van der Waals surface area contributed by atoms with Crippen LogP contribution in [0.1, 0.15) is 25.7 Å². The van der Waals surface area contributed by atoms with Crippen molar-refractivity contribution >= 4 is 5.97 Å². The lowest BCUT2D eigenvalue weighted by Gasteiger charge is -2.41. The molecule has 0 saturated heterocycles. The number of ether oxygens (including phenoxy) is 1. The molecule has 7 heteroatoms. The molecule has 0 amide bonds. The summed E-state index contributed by atoms with van der Waals surface area (Å²) in [5.74, 6) is -0.684. The van der Waals surface area contributed by atoms with Gasteiger partial charge in [-0.3, -0.25) is 4.79 Å². The number of esters is 1. The average Bonchev–Trinajstić information content (AvgIpc) is 2.20. The smallest absolute Gasteiger partial charge is 0.406 e. The zero-order valence-corrected chi connectivity index (χ0v) is 8.93. The molecule has 0 aromatic carbocycles. The maximum absolute atomic E-state index is 12.6. The van der Waals surface area contributed by atoms with Crippen LogP contribution in [-0.4, -0.2) is 30.3 Å². The van der Waals surface area contributed by atoms with Gasteiger partial charge in [-0.2, -0.15) is 13.2 Å². The predicted octanol–water partition coefficient (Wildman–Crippen LogP) is 0.691. The lowest BCUT2D eigenvalue weighted by molar-refractivity contribution is -0.198. The van der Waals surface area contributed by atoms with E-state index in [0.29, 0.717) is 0 Å². The van der Waals surface area contributed by atoms with Crippen molar-refractivity contribution < 1.29 is 22.7 Å². The average molecular weight is 240 g/mol. The molecule has 1 fully saturated rings. The van der Waals surface area contributed by atoms with E-state index >= 15 is 0 Å². The fourth-order valence-electron chi connectivity index (χ4n) is 1.83. The summed E-state index contributed by atoms with van der Waals surface area (Å²) in [6, 6.07) is 0. The van der Waals surface area contributed by atoms with Gasteiger partial charge in [-0.05, 0) is 25.7 Å². The molecule has 1 rings (SSSR count). The summed E-state index contributed by atoms with van der Waals surface area (Å²) in [5, 5.41) is 0. The summed E-state index contributed by atoms with van der Waals surface area (Å²) in [6.07, 6.45) is -5.42. The van der Waals surface area contributed by atoms with E-state index in [1.807, 2.05) is 0 Å². The normalized spacial score (nSPS) is 35.9. The summed E-state index contributed by atoms with van der Waals surface area (Å²) in [5.41, 5.74) is 7.38. The SMILES string of the molecule is COC(=O)C1(N)CCC(N)(C(F)(F)F)CC1. The van der Waals surface area contributed by atoms with Crippen molar-refractivity contribution in [2.24, 2.45) is 11.5 Å². The van der Waals surface area contributed by atoms with Crippen LogP contribution in [0, 0.1) is 0 Å². The number of methoxy groups -OCH3 is 1. The molecule has 0 spiro atoms. The monoisotopic (exact) mass is 240 g/mol. The molecule has 4 N–H and O–H groups in total. The zero-order valence-electron chi connectivity index (χ0n) is 8.93. The number of hydrogen-bond donors (Lipinski definition) is 2. The Morgan fingerprint density at radius 2 is 1.62 bits per heavy atom. The Morgan fingerprint density at radius 3 is 1.94 bits per heavy atom. The van der Waals surface area contributed by atoms with E-state index < -0.39 is 23.2 Å². The number of alkyl halides is 3. The molecule has 16 heavy (non-hydrogen) atoms. The molecule has 1 aliphatic rings. The number of carbonyl (C=O) groups excluding carboxylic acids is 1. The van der Waals surface area contributed by atoms with Crippen LogP contribution in [0.2, 0.25) is 0 Å². The highest BCUT2D eigenvalue weighted by atomic mass is 19.4. The molecule has 0 radical (unpaired) electrons. The molecule has 0 atom stereocenters. The predicted molar refractivity (Wildman–Crippen MR) is 50.4 cm³/mol. The van der Waals surface area contributed by atoms with Gasteiger partial charge in [0.25, 0.3) is 0 Å². The third kappa shape index (κ3) is 2.15. The maximum Gasteiger partial charge on any atom is 0.406 e. The summed E-state index contributed by atoms with van der Waals surface area (Å²) in [7, 11) is 1.16. The Bertz CT molecular complexity index is 283. The van der Waals surface area contributed by atoms with Gasteiger partial charge in [-0.25, -0.2) is 0 Å². The lowest BCUT2D eigenvalue weighted by Crippen LogP contribution is -2.62.